The monoisotopic (exact) mass is 314 g/mol. The molecule has 0 spiro atoms. The molecule has 2 aromatic carbocycles. The molecule has 19 heavy (non-hydrogen) atoms. The summed E-state index contributed by atoms with van der Waals surface area (Å²) in [6.45, 7) is 0. The fraction of sp³-hybridized carbons (Fsp3) is 0. The van der Waals surface area contributed by atoms with Crippen LogP contribution >= 0.6 is 35.4 Å². The lowest BCUT2D eigenvalue weighted by molar-refractivity contribution is 0.628. The topological polar surface area (TPSA) is 38.0 Å². The highest BCUT2D eigenvalue weighted by molar-refractivity contribution is 7.80. The summed E-state index contributed by atoms with van der Waals surface area (Å²) in [4.78, 5) is 0.221. The van der Waals surface area contributed by atoms with Crippen LogP contribution in [0, 0.1) is 5.82 Å². The van der Waals surface area contributed by atoms with Crippen LogP contribution in [0.4, 0.5) is 15.8 Å². The minimum atomic E-state index is -0.474. The average Bonchev–Trinajstić information content (AvgIpc) is 2.36. The predicted octanol–water partition coefficient (Wildman–Crippen LogP) is 4.51. The summed E-state index contributed by atoms with van der Waals surface area (Å²) in [5, 5.41) is 3.64. The van der Waals surface area contributed by atoms with Gasteiger partial charge >= 0.3 is 0 Å². The number of rotatable bonds is 3. The van der Waals surface area contributed by atoms with Gasteiger partial charge in [0.2, 0.25) is 0 Å². The molecule has 2 rings (SSSR count). The normalized spacial score (nSPS) is 10.3. The van der Waals surface area contributed by atoms with Crippen molar-refractivity contribution in [1.29, 1.82) is 0 Å². The minimum absolute atomic E-state index is 0.0378. The van der Waals surface area contributed by atoms with E-state index in [1.54, 1.807) is 24.3 Å². The Morgan fingerprint density at radius 3 is 2.53 bits per heavy atom. The van der Waals surface area contributed by atoms with Gasteiger partial charge in [-0.3, -0.25) is 0 Å². The third kappa shape index (κ3) is 3.35. The van der Waals surface area contributed by atoms with Gasteiger partial charge in [0.25, 0.3) is 0 Å². The molecule has 0 aliphatic heterocycles. The van der Waals surface area contributed by atoms with Gasteiger partial charge in [0.1, 0.15) is 10.8 Å². The largest absolute Gasteiger partial charge is 0.389 e. The van der Waals surface area contributed by atoms with E-state index in [0.717, 1.165) is 0 Å². The third-order valence-electron chi connectivity index (χ3n) is 2.45. The first kappa shape index (κ1) is 14.1. The molecule has 98 valence electrons. The molecule has 0 atom stereocenters. The van der Waals surface area contributed by atoms with Crippen molar-refractivity contribution in [3.05, 3.63) is 57.8 Å². The molecule has 0 heterocycles. The first-order chi connectivity index (χ1) is 8.97. The molecular formula is C13H9Cl2FN2S. The van der Waals surface area contributed by atoms with E-state index in [1.807, 2.05) is 0 Å². The van der Waals surface area contributed by atoms with Crippen molar-refractivity contribution in [2.45, 2.75) is 0 Å². The molecule has 0 unspecified atom stereocenters. The molecule has 2 nitrogen and oxygen atoms in total. The van der Waals surface area contributed by atoms with Gasteiger partial charge in [-0.1, -0.05) is 35.4 Å². The van der Waals surface area contributed by atoms with Gasteiger partial charge in [-0.05, 0) is 36.4 Å². The van der Waals surface area contributed by atoms with Crippen LogP contribution in [0.15, 0.2) is 36.4 Å². The first-order valence-electron chi connectivity index (χ1n) is 5.29. The van der Waals surface area contributed by atoms with E-state index in [2.05, 4.69) is 5.32 Å². The summed E-state index contributed by atoms with van der Waals surface area (Å²) in [6.07, 6.45) is 0. The zero-order valence-corrected chi connectivity index (χ0v) is 11.9. The van der Waals surface area contributed by atoms with Crippen molar-refractivity contribution in [2.75, 3.05) is 5.32 Å². The van der Waals surface area contributed by atoms with Gasteiger partial charge < -0.3 is 11.1 Å². The van der Waals surface area contributed by atoms with E-state index >= 15 is 0 Å². The summed E-state index contributed by atoms with van der Waals surface area (Å²) >= 11 is 16.6. The van der Waals surface area contributed by atoms with Gasteiger partial charge in [-0.2, -0.15) is 0 Å². The summed E-state index contributed by atoms with van der Waals surface area (Å²) in [6, 6.07) is 9.44. The van der Waals surface area contributed by atoms with Crippen LogP contribution in [0.2, 0.25) is 10.0 Å². The number of hydrogen-bond acceptors (Lipinski definition) is 2. The fourth-order valence-corrected chi connectivity index (χ4v) is 2.08. The number of hydrogen-bond donors (Lipinski definition) is 2. The number of benzene rings is 2. The predicted molar refractivity (Wildman–Crippen MR) is 82.0 cm³/mol. The molecule has 6 heteroatoms. The standard InChI is InChI=1S/C13H9Cl2FN2S/c14-7-1-4-12(9(5-7)13(17)19)18-8-2-3-11(16)10(15)6-8/h1-6,18H,(H2,17,19). The Morgan fingerprint density at radius 1 is 1.16 bits per heavy atom. The summed E-state index contributed by atoms with van der Waals surface area (Å²) in [7, 11) is 0. The Bertz CT molecular complexity index is 647. The van der Waals surface area contributed by atoms with E-state index in [0.29, 0.717) is 22.0 Å². The van der Waals surface area contributed by atoms with Gasteiger partial charge in [-0.15, -0.1) is 0 Å². The van der Waals surface area contributed by atoms with Gasteiger partial charge in [0.05, 0.1) is 5.02 Å². The quantitative estimate of drug-likeness (QED) is 0.819. The Morgan fingerprint density at radius 2 is 1.89 bits per heavy atom. The molecule has 3 N–H and O–H groups in total. The molecule has 0 aliphatic carbocycles. The second-order valence-electron chi connectivity index (χ2n) is 3.81. The lowest BCUT2D eigenvalue weighted by Crippen LogP contribution is -2.11. The molecule has 0 radical (unpaired) electrons. The van der Waals surface area contributed by atoms with E-state index in [1.165, 1.54) is 12.1 Å². The second-order valence-corrected chi connectivity index (χ2v) is 5.09. The van der Waals surface area contributed by atoms with Crippen molar-refractivity contribution in [3.8, 4) is 0 Å². The van der Waals surface area contributed by atoms with Crippen molar-refractivity contribution in [3.63, 3.8) is 0 Å². The zero-order chi connectivity index (χ0) is 14.0. The first-order valence-corrected chi connectivity index (χ1v) is 6.45. The van der Waals surface area contributed by atoms with Crippen molar-refractivity contribution in [2.24, 2.45) is 5.73 Å². The van der Waals surface area contributed by atoms with Crippen molar-refractivity contribution >= 4 is 51.8 Å². The Labute approximate surface area is 125 Å². The SMILES string of the molecule is NC(=S)c1cc(Cl)ccc1Nc1ccc(F)c(Cl)c1. The molecule has 0 aromatic heterocycles. The maximum Gasteiger partial charge on any atom is 0.141 e. The third-order valence-corrected chi connectivity index (χ3v) is 3.19. The number of nitrogens with two attached hydrogens (primary N) is 1. The molecular weight excluding hydrogens is 306 g/mol. The molecule has 0 bridgehead atoms. The summed E-state index contributed by atoms with van der Waals surface area (Å²) in [5.41, 5.74) is 7.56. The van der Waals surface area contributed by atoms with E-state index < -0.39 is 5.82 Å². The molecule has 0 fully saturated rings. The number of nitrogens with one attached hydrogen (secondary N) is 1. The van der Waals surface area contributed by atoms with Crippen LogP contribution < -0.4 is 11.1 Å². The highest BCUT2D eigenvalue weighted by atomic mass is 35.5. The van der Waals surface area contributed by atoms with E-state index in [4.69, 9.17) is 41.2 Å². The van der Waals surface area contributed by atoms with Crippen molar-refractivity contribution in [1.82, 2.24) is 0 Å². The van der Waals surface area contributed by atoms with Crippen LogP contribution in [0.5, 0.6) is 0 Å². The molecule has 2 aromatic rings. The fourth-order valence-electron chi connectivity index (χ4n) is 1.56. The minimum Gasteiger partial charge on any atom is -0.389 e. The van der Waals surface area contributed by atoms with Gasteiger partial charge in [0, 0.05) is 22.0 Å². The maximum absolute atomic E-state index is 13.1. The lowest BCUT2D eigenvalue weighted by atomic mass is 10.1. The number of thiocarbonyl (C=S) groups is 1. The molecule has 0 amide bonds. The molecule has 0 aliphatic rings. The van der Waals surface area contributed by atoms with Gasteiger partial charge in [-0.25, -0.2) is 4.39 Å². The molecule has 0 saturated heterocycles. The van der Waals surface area contributed by atoms with Crippen LogP contribution in [0.1, 0.15) is 5.56 Å². The highest BCUT2D eigenvalue weighted by Crippen LogP contribution is 2.26. The Balaban J connectivity index is 2.37. The van der Waals surface area contributed by atoms with Crippen LogP contribution in [0.3, 0.4) is 0 Å². The molecule has 0 saturated carbocycles. The Kier molecular flexibility index (Phi) is 4.24. The maximum atomic E-state index is 13.1. The highest BCUT2D eigenvalue weighted by Gasteiger charge is 2.08. The number of anilines is 2. The van der Waals surface area contributed by atoms with Crippen LogP contribution in [0.25, 0.3) is 0 Å². The summed E-state index contributed by atoms with van der Waals surface area (Å²) < 4.78 is 13.1. The van der Waals surface area contributed by atoms with E-state index in [9.17, 15) is 4.39 Å². The Hall–Kier alpha value is -1.36. The van der Waals surface area contributed by atoms with E-state index in [-0.39, 0.29) is 10.0 Å². The number of halogens is 3. The smallest absolute Gasteiger partial charge is 0.141 e. The van der Waals surface area contributed by atoms with Crippen LogP contribution in [-0.4, -0.2) is 4.99 Å². The van der Waals surface area contributed by atoms with Crippen LogP contribution in [-0.2, 0) is 0 Å². The lowest BCUT2D eigenvalue weighted by Gasteiger charge is -2.12. The van der Waals surface area contributed by atoms with Gasteiger partial charge in [0.15, 0.2) is 0 Å². The zero-order valence-electron chi connectivity index (χ0n) is 9.58. The second kappa shape index (κ2) is 5.74. The average molecular weight is 315 g/mol. The summed E-state index contributed by atoms with van der Waals surface area (Å²) in [5.74, 6) is -0.474. The van der Waals surface area contributed by atoms with Crippen molar-refractivity contribution < 1.29 is 4.39 Å².